The molecule has 5 N–H and O–H groups in total. The molecule has 1 aliphatic rings. The summed E-state index contributed by atoms with van der Waals surface area (Å²) in [6.07, 6.45) is 16.1. The summed E-state index contributed by atoms with van der Waals surface area (Å²) in [4.78, 5) is 0. The second-order valence-electron chi connectivity index (χ2n) is 9.64. The van der Waals surface area contributed by atoms with Gasteiger partial charge in [-0.2, -0.15) is 0 Å². The van der Waals surface area contributed by atoms with E-state index in [1.165, 1.54) is 88.2 Å². The van der Waals surface area contributed by atoms with Gasteiger partial charge in [0.05, 0.1) is 25.5 Å². The van der Waals surface area contributed by atoms with Crippen LogP contribution in [0, 0.1) is 0 Å². The van der Waals surface area contributed by atoms with Gasteiger partial charge in [0.15, 0.2) is 6.23 Å². The van der Waals surface area contributed by atoms with E-state index in [9.17, 15) is 15.3 Å². The summed E-state index contributed by atoms with van der Waals surface area (Å²) in [5.41, 5.74) is 6.62. The molecule has 1 aliphatic heterocycles. The molecule has 9 nitrogen and oxygen atoms in total. The number of nitrogens with zero attached hydrogens (tertiary/aromatic N) is 3. The highest BCUT2D eigenvalue weighted by atomic mass is 16.5. The van der Waals surface area contributed by atoms with Crippen molar-refractivity contribution in [1.29, 1.82) is 0 Å². The molecule has 1 saturated heterocycles. The van der Waals surface area contributed by atoms with E-state index in [-0.39, 0.29) is 0 Å². The first-order valence-electron chi connectivity index (χ1n) is 13.4. The quantitative estimate of drug-likeness (QED) is 0.220. The molecular formula is C25H48N4O5. The Hall–Kier alpha value is -1.10. The Morgan fingerprint density at radius 1 is 0.912 bits per heavy atom. The Morgan fingerprint density at radius 3 is 2.03 bits per heavy atom. The van der Waals surface area contributed by atoms with E-state index in [1.807, 2.05) is 0 Å². The van der Waals surface area contributed by atoms with Crippen LogP contribution in [0.5, 0.6) is 0 Å². The zero-order chi connectivity index (χ0) is 24.6. The van der Waals surface area contributed by atoms with Crippen molar-refractivity contribution in [1.82, 2.24) is 15.0 Å². The zero-order valence-electron chi connectivity index (χ0n) is 21.1. The highest BCUT2D eigenvalue weighted by Gasteiger charge is 2.43. The van der Waals surface area contributed by atoms with E-state index < -0.39 is 37.2 Å². The van der Waals surface area contributed by atoms with Crippen molar-refractivity contribution >= 4 is 0 Å². The number of hydrogen-bond acceptors (Lipinski definition) is 8. The molecule has 5 atom stereocenters. The Bertz CT molecular complexity index is 630. The smallest absolute Gasteiger partial charge is 0.170 e. The van der Waals surface area contributed by atoms with Gasteiger partial charge in [-0.1, -0.05) is 95.6 Å². The van der Waals surface area contributed by atoms with E-state index in [0.717, 1.165) is 6.42 Å². The fraction of sp³-hybridized carbons (Fsp3) is 0.920. The lowest BCUT2D eigenvalue weighted by atomic mass is 9.97. The number of nitrogens with two attached hydrogens (primary N) is 1. The molecule has 1 aromatic rings. The lowest BCUT2D eigenvalue weighted by Crippen LogP contribution is -2.59. The number of aromatic nitrogens is 3. The fourth-order valence-corrected chi connectivity index (χ4v) is 4.44. The Labute approximate surface area is 205 Å². The van der Waals surface area contributed by atoms with Gasteiger partial charge < -0.3 is 30.5 Å². The molecule has 0 aliphatic carbocycles. The van der Waals surface area contributed by atoms with Crippen molar-refractivity contribution < 1.29 is 24.8 Å². The maximum Gasteiger partial charge on any atom is 0.170 e. The molecule has 0 aromatic carbocycles. The van der Waals surface area contributed by atoms with Crippen LogP contribution in [0.25, 0.3) is 0 Å². The molecule has 1 aromatic heterocycles. The molecule has 34 heavy (non-hydrogen) atoms. The van der Waals surface area contributed by atoms with Gasteiger partial charge >= 0.3 is 0 Å². The van der Waals surface area contributed by atoms with Gasteiger partial charge in [-0.05, 0) is 6.42 Å². The van der Waals surface area contributed by atoms with Crippen LogP contribution in [0.2, 0.25) is 0 Å². The van der Waals surface area contributed by atoms with Gasteiger partial charge in [-0.25, -0.2) is 4.68 Å². The predicted molar refractivity (Wildman–Crippen MR) is 131 cm³/mol. The summed E-state index contributed by atoms with van der Waals surface area (Å²) in [5.74, 6) is 0. The third-order valence-corrected chi connectivity index (χ3v) is 6.66. The summed E-state index contributed by atoms with van der Waals surface area (Å²) in [6, 6.07) is -0.885. The van der Waals surface area contributed by atoms with Crippen molar-refractivity contribution in [3.8, 4) is 0 Å². The summed E-state index contributed by atoms with van der Waals surface area (Å²) in [7, 11) is 0. The van der Waals surface area contributed by atoms with Crippen molar-refractivity contribution in [3.05, 3.63) is 11.9 Å². The van der Waals surface area contributed by atoms with Crippen LogP contribution in [0.1, 0.15) is 109 Å². The molecule has 0 radical (unpaired) electrons. The summed E-state index contributed by atoms with van der Waals surface area (Å²) in [5, 5.41) is 37.4. The Balaban J connectivity index is 1.47. The van der Waals surface area contributed by atoms with Gasteiger partial charge in [0.25, 0.3) is 0 Å². The molecule has 0 bridgehead atoms. The maximum atomic E-state index is 10.1. The lowest BCUT2D eigenvalue weighted by Gasteiger charge is -2.40. The normalized spacial score (nSPS) is 25.1. The molecular weight excluding hydrogens is 436 g/mol. The number of ether oxygens (including phenoxy) is 2. The molecule has 0 saturated carbocycles. The molecule has 0 spiro atoms. The molecule has 198 valence electrons. The molecule has 0 unspecified atom stereocenters. The average Bonchev–Trinajstić information content (AvgIpc) is 3.31. The standard InChI is InChI=1S/C25H48N4O5/c1-2-3-4-5-6-7-8-9-10-11-12-13-14-15-16-33-19-20-17-29(28-27-20)25-22(26)24(32)23(31)21(18-30)34-25/h17,21-25,30-32H,2-16,18-19,26H2,1H3/t21-,22-,23-,24-,25-/m1/s1. The second-order valence-corrected chi connectivity index (χ2v) is 9.64. The van der Waals surface area contributed by atoms with Gasteiger partial charge in [-0.15, -0.1) is 5.10 Å². The van der Waals surface area contributed by atoms with Gasteiger partial charge in [0.1, 0.15) is 24.0 Å². The van der Waals surface area contributed by atoms with Crippen LogP contribution in [0.3, 0.4) is 0 Å². The highest BCUT2D eigenvalue weighted by molar-refractivity contribution is 4.96. The Morgan fingerprint density at radius 2 is 1.47 bits per heavy atom. The van der Waals surface area contributed by atoms with Crippen LogP contribution < -0.4 is 5.73 Å². The zero-order valence-corrected chi connectivity index (χ0v) is 21.1. The summed E-state index contributed by atoms with van der Waals surface area (Å²) in [6.45, 7) is 2.87. The van der Waals surface area contributed by atoms with E-state index in [1.54, 1.807) is 6.20 Å². The third-order valence-electron chi connectivity index (χ3n) is 6.66. The van der Waals surface area contributed by atoms with E-state index in [0.29, 0.717) is 18.9 Å². The largest absolute Gasteiger partial charge is 0.394 e. The van der Waals surface area contributed by atoms with E-state index in [2.05, 4.69) is 17.2 Å². The van der Waals surface area contributed by atoms with Gasteiger partial charge in [-0.3, -0.25) is 0 Å². The van der Waals surface area contributed by atoms with Crippen molar-refractivity contribution in [3.63, 3.8) is 0 Å². The number of unbranched alkanes of at least 4 members (excludes halogenated alkanes) is 13. The van der Waals surface area contributed by atoms with Crippen molar-refractivity contribution in [2.45, 2.75) is 134 Å². The highest BCUT2D eigenvalue weighted by Crippen LogP contribution is 2.26. The number of aliphatic hydroxyl groups is 3. The topological polar surface area (TPSA) is 136 Å². The van der Waals surface area contributed by atoms with Crippen LogP contribution in [-0.2, 0) is 16.1 Å². The second kappa shape index (κ2) is 17.3. The minimum atomic E-state index is -1.24. The van der Waals surface area contributed by atoms with E-state index >= 15 is 0 Å². The Kier molecular flexibility index (Phi) is 14.9. The number of rotatable bonds is 19. The van der Waals surface area contributed by atoms with Gasteiger partial charge in [0.2, 0.25) is 0 Å². The molecule has 0 amide bonds. The molecule has 9 heteroatoms. The summed E-state index contributed by atoms with van der Waals surface area (Å²) >= 11 is 0. The van der Waals surface area contributed by atoms with Crippen LogP contribution in [-0.4, -0.2) is 67.9 Å². The molecule has 2 heterocycles. The first-order chi connectivity index (χ1) is 16.6. The summed E-state index contributed by atoms with van der Waals surface area (Å²) < 4.78 is 12.7. The minimum Gasteiger partial charge on any atom is -0.394 e. The maximum absolute atomic E-state index is 10.1. The third kappa shape index (κ3) is 10.3. The van der Waals surface area contributed by atoms with Crippen LogP contribution in [0.4, 0.5) is 0 Å². The SMILES string of the molecule is CCCCCCCCCCCCCCCCOCc1cn([C@@H]2O[C@H](CO)[C@@H](O)[C@H](O)[C@H]2N)nn1. The first-order valence-corrected chi connectivity index (χ1v) is 13.4. The minimum absolute atomic E-state index is 0.342. The number of hydrogen-bond donors (Lipinski definition) is 4. The van der Waals surface area contributed by atoms with E-state index in [4.69, 9.17) is 15.2 Å². The van der Waals surface area contributed by atoms with Crippen LogP contribution >= 0.6 is 0 Å². The lowest BCUT2D eigenvalue weighted by molar-refractivity contribution is -0.213. The van der Waals surface area contributed by atoms with Gasteiger partial charge in [0, 0.05) is 6.61 Å². The number of aliphatic hydroxyl groups excluding tert-OH is 3. The fourth-order valence-electron chi connectivity index (χ4n) is 4.44. The monoisotopic (exact) mass is 484 g/mol. The molecule has 1 fully saturated rings. The molecule has 2 rings (SSSR count). The van der Waals surface area contributed by atoms with Crippen molar-refractivity contribution in [2.75, 3.05) is 13.2 Å². The van der Waals surface area contributed by atoms with Crippen LogP contribution in [0.15, 0.2) is 6.20 Å². The van der Waals surface area contributed by atoms with Crippen molar-refractivity contribution in [2.24, 2.45) is 5.73 Å². The average molecular weight is 485 g/mol. The predicted octanol–water partition coefficient (Wildman–Crippen LogP) is 3.21. The first kappa shape index (κ1) is 29.1.